The molecule has 2 nitrogen and oxygen atoms in total. The third kappa shape index (κ3) is 8.53. The molecule has 0 saturated heterocycles. The van der Waals surface area contributed by atoms with E-state index in [1.807, 2.05) is 6.07 Å². The molecular formula is C14H22NNaO. The van der Waals surface area contributed by atoms with Crippen molar-refractivity contribution in [3.8, 4) is 5.75 Å². The zero-order valence-corrected chi connectivity index (χ0v) is 13.2. The van der Waals surface area contributed by atoms with Crippen molar-refractivity contribution < 1.29 is 34.7 Å². The van der Waals surface area contributed by atoms with Gasteiger partial charge in [0.1, 0.15) is 0 Å². The summed E-state index contributed by atoms with van der Waals surface area (Å²) in [5, 5.41) is 14.3. The van der Waals surface area contributed by atoms with Crippen LogP contribution in [0.1, 0.15) is 45.4 Å². The summed E-state index contributed by atoms with van der Waals surface area (Å²) in [6.45, 7) is 3.20. The van der Waals surface area contributed by atoms with E-state index in [9.17, 15) is 5.11 Å². The summed E-state index contributed by atoms with van der Waals surface area (Å²) in [5.41, 5.74) is 0.945. The maximum Gasteiger partial charge on any atom is 1.00 e. The molecule has 1 aromatic carbocycles. The van der Waals surface area contributed by atoms with E-state index in [-0.39, 0.29) is 35.3 Å². The molecule has 0 radical (unpaired) electrons. The van der Waals surface area contributed by atoms with Crippen LogP contribution in [-0.2, 0) is 0 Å². The molecule has 0 aliphatic heterocycles. The van der Waals surface area contributed by atoms with Crippen molar-refractivity contribution in [2.24, 2.45) is 0 Å². The number of hydrogen-bond donors (Lipinski definition) is 1. The first kappa shape index (κ1) is 16.8. The van der Waals surface area contributed by atoms with Crippen molar-refractivity contribution in [2.45, 2.75) is 45.4 Å². The van der Waals surface area contributed by atoms with Gasteiger partial charge in [0.2, 0.25) is 0 Å². The SMILES string of the molecule is CCCCCCCCNc1cccc([O-])c1.[Na+]. The van der Waals surface area contributed by atoms with E-state index < -0.39 is 0 Å². The molecule has 0 atom stereocenters. The van der Waals surface area contributed by atoms with Gasteiger partial charge < -0.3 is 10.4 Å². The van der Waals surface area contributed by atoms with Crippen LogP contribution < -0.4 is 40.0 Å². The molecular weight excluding hydrogens is 221 g/mol. The Labute approximate surface area is 127 Å². The van der Waals surface area contributed by atoms with Crippen LogP contribution in [0.5, 0.6) is 5.75 Å². The Morgan fingerprint density at radius 1 is 1.06 bits per heavy atom. The molecule has 1 rings (SSSR count). The standard InChI is InChI=1S/C14H23NO.Na/c1-2-3-4-5-6-7-11-15-13-9-8-10-14(16)12-13;/h8-10,12,15-16H,2-7,11H2,1H3;/q;+1/p-1. The molecule has 0 aliphatic carbocycles. The minimum absolute atomic E-state index is 0. The van der Waals surface area contributed by atoms with Crippen LogP contribution in [0.2, 0.25) is 0 Å². The summed E-state index contributed by atoms with van der Waals surface area (Å²) in [4.78, 5) is 0. The Morgan fingerprint density at radius 3 is 2.47 bits per heavy atom. The number of unbranched alkanes of at least 4 members (excludes halogenated alkanes) is 5. The second-order valence-corrected chi connectivity index (χ2v) is 4.22. The third-order valence-electron chi connectivity index (χ3n) is 2.69. The summed E-state index contributed by atoms with van der Waals surface area (Å²) in [6.07, 6.45) is 7.81. The Bertz CT molecular complexity index is 291. The average molecular weight is 243 g/mol. The van der Waals surface area contributed by atoms with Crippen LogP contribution in [-0.4, -0.2) is 6.54 Å². The number of rotatable bonds is 8. The molecule has 0 heterocycles. The summed E-state index contributed by atoms with van der Waals surface area (Å²) >= 11 is 0. The largest absolute Gasteiger partial charge is 1.00 e. The van der Waals surface area contributed by atoms with Crippen molar-refractivity contribution in [1.29, 1.82) is 0 Å². The maximum absolute atomic E-state index is 11.1. The van der Waals surface area contributed by atoms with Crippen LogP contribution in [0.3, 0.4) is 0 Å². The molecule has 17 heavy (non-hydrogen) atoms. The van der Waals surface area contributed by atoms with Crippen LogP contribution in [0.25, 0.3) is 0 Å². The molecule has 90 valence electrons. The van der Waals surface area contributed by atoms with Gasteiger partial charge in [-0.3, -0.25) is 0 Å². The first-order chi connectivity index (χ1) is 7.83. The van der Waals surface area contributed by atoms with Gasteiger partial charge in [-0.05, 0) is 18.6 Å². The Balaban J connectivity index is 0.00000256. The van der Waals surface area contributed by atoms with E-state index in [1.54, 1.807) is 18.2 Å². The number of nitrogens with one attached hydrogen (secondary N) is 1. The van der Waals surface area contributed by atoms with E-state index in [0.717, 1.165) is 12.2 Å². The van der Waals surface area contributed by atoms with Gasteiger partial charge in [0, 0.05) is 12.2 Å². The number of benzene rings is 1. The van der Waals surface area contributed by atoms with Gasteiger partial charge in [0.25, 0.3) is 0 Å². The maximum atomic E-state index is 11.1. The normalized spacial score (nSPS) is 9.71. The molecule has 1 aromatic rings. The van der Waals surface area contributed by atoms with Gasteiger partial charge in [-0.1, -0.05) is 51.2 Å². The predicted molar refractivity (Wildman–Crippen MR) is 67.8 cm³/mol. The molecule has 0 saturated carbocycles. The summed E-state index contributed by atoms with van der Waals surface area (Å²) in [5.74, 6) is 0.0768. The van der Waals surface area contributed by atoms with Crippen LogP contribution in [0.4, 0.5) is 5.69 Å². The fourth-order valence-electron chi connectivity index (χ4n) is 1.74. The summed E-state index contributed by atoms with van der Waals surface area (Å²) in [6, 6.07) is 6.97. The molecule has 0 bridgehead atoms. The minimum Gasteiger partial charge on any atom is -0.872 e. The van der Waals surface area contributed by atoms with E-state index >= 15 is 0 Å². The van der Waals surface area contributed by atoms with Gasteiger partial charge in [0.15, 0.2) is 0 Å². The zero-order valence-electron chi connectivity index (χ0n) is 11.2. The zero-order chi connectivity index (χ0) is 11.6. The van der Waals surface area contributed by atoms with Gasteiger partial charge in [-0.25, -0.2) is 0 Å². The van der Waals surface area contributed by atoms with Crippen molar-refractivity contribution in [1.82, 2.24) is 0 Å². The fourth-order valence-corrected chi connectivity index (χ4v) is 1.74. The van der Waals surface area contributed by atoms with Gasteiger partial charge in [-0.15, -0.1) is 5.75 Å². The van der Waals surface area contributed by atoms with Gasteiger partial charge >= 0.3 is 29.6 Å². The fraction of sp³-hybridized carbons (Fsp3) is 0.571. The molecule has 0 amide bonds. The van der Waals surface area contributed by atoms with E-state index in [0.29, 0.717) is 0 Å². The molecule has 3 heteroatoms. The van der Waals surface area contributed by atoms with Crippen LogP contribution in [0.15, 0.2) is 24.3 Å². The van der Waals surface area contributed by atoms with E-state index in [2.05, 4.69) is 12.2 Å². The molecule has 0 unspecified atom stereocenters. The molecule has 0 aliphatic rings. The first-order valence-electron chi connectivity index (χ1n) is 6.34. The van der Waals surface area contributed by atoms with Crippen LogP contribution >= 0.6 is 0 Å². The molecule has 0 aromatic heterocycles. The van der Waals surface area contributed by atoms with Crippen molar-refractivity contribution >= 4 is 5.69 Å². The van der Waals surface area contributed by atoms with E-state index in [1.165, 1.54) is 38.5 Å². The minimum atomic E-state index is 0. The average Bonchev–Trinajstić information content (AvgIpc) is 2.28. The number of hydrogen-bond acceptors (Lipinski definition) is 2. The molecule has 0 fully saturated rings. The van der Waals surface area contributed by atoms with Crippen molar-refractivity contribution in [3.05, 3.63) is 24.3 Å². The summed E-state index contributed by atoms with van der Waals surface area (Å²) in [7, 11) is 0. The Hall–Kier alpha value is -0.180. The second kappa shape index (κ2) is 10.9. The Morgan fingerprint density at radius 2 is 1.76 bits per heavy atom. The Kier molecular flexibility index (Phi) is 10.8. The second-order valence-electron chi connectivity index (χ2n) is 4.22. The third-order valence-corrected chi connectivity index (χ3v) is 2.69. The van der Waals surface area contributed by atoms with Gasteiger partial charge in [0.05, 0.1) is 0 Å². The predicted octanol–water partition coefficient (Wildman–Crippen LogP) is 0.537. The monoisotopic (exact) mass is 243 g/mol. The molecule has 0 spiro atoms. The first-order valence-corrected chi connectivity index (χ1v) is 6.34. The topological polar surface area (TPSA) is 35.1 Å². The van der Waals surface area contributed by atoms with Crippen molar-refractivity contribution in [3.63, 3.8) is 0 Å². The van der Waals surface area contributed by atoms with E-state index in [4.69, 9.17) is 0 Å². The van der Waals surface area contributed by atoms with Crippen molar-refractivity contribution in [2.75, 3.05) is 11.9 Å². The van der Waals surface area contributed by atoms with Gasteiger partial charge in [-0.2, -0.15) is 0 Å². The smallest absolute Gasteiger partial charge is 0.872 e. The quantitative estimate of drug-likeness (QED) is 0.534. The summed E-state index contributed by atoms with van der Waals surface area (Å²) < 4.78 is 0. The number of anilines is 1. The molecule has 1 N–H and O–H groups in total. The van der Waals surface area contributed by atoms with Crippen LogP contribution in [0, 0.1) is 0 Å².